The minimum absolute atomic E-state index is 0.0455. The van der Waals surface area contributed by atoms with Crippen LogP contribution in [0.15, 0.2) is 42.5 Å². The molecule has 0 heterocycles. The van der Waals surface area contributed by atoms with E-state index in [0.29, 0.717) is 33.8 Å². The Balaban J connectivity index is 1.99. The lowest BCUT2D eigenvalue weighted by atomic mass is 10.3. The number of anilines is 2. The number of hydrogen-bond donors (Lipinski definition) is 2. The standard InChI is InChI=1S/C16H16Cl2N2O2/c1-2-22-14-9-4-3-8-13(14)20-15(21)10-19-16-11(17)6-5-7-12(16)18/h3-9,19H,2,10H2,1H3,(H,20,21). The van der Waals surface area contributed by atoms with E-state index >= 15 is 0 Å². The van der Waals surface area contributed by atoms with Gasteiger partial charge in [0, 0.05) is 0 Å². The number of benzene rings is 2. The SMILES string of the molecule is CCOc1ccccc1NC(=O)CNc1c(Cl)cccc1Cl. The average Bonchev–Trinajstić information content (AvgIpc) is 2.49. The normalized spacial score (nSPS) is 10.1. The van der Waals surface area contributed by atoms with E-state index in [-0.39, 0.29) is 12.5 Å². The van der Waals surface area contributed by atoms with Gasteiger partial charge in [0.15, 0.2) is 0 Å². The van der Waals surface area contributed by atoms with Gasteiger partial charge in [-0.25, -0.2) is 0 Å². The van der Waals surface area contributed by atoms with Crippen LogP contribution in [-0.4, -0.2) is 19.1 Å². The van der Waals surface area contributed by atoms with Crippen molar-refractivity contribution in [3.05, 3.63) is 52.5 Å². The Labute approximate surface area is 139 Å². The molecule has 2 rings (SSSR count). The molecule has 0 aromatic heterocycles. The molecule has 22 heavy (non-hydrogen) atoms. The van der Waals surface area contributed by atoms with Gasteiger partial charge in [-0.05, 0) is 31.2 Å². The predicted molar refractivity (Wildman–Crippen MR) is 91.2 cm³/mol. The number of carbonyl (C=O) groups is 1. The summed E-state index contributed by atoms with van der Waals surface area (Å²) in [7, 11) is 0. The quantitative estimate of drug-likeness (QED) is 0.818. The molecule has 116 valence electrons. The Bertz CT molecular complexity index is 642. The second-order valence-corrected chi connectivity index (χ2v) is 5.24. The smallest absolute Gasteiger partial charge is 0.243 e. The van der Waals surface area contributed by atoms with Crippen molar-refractivity contribution in [2.75, 3.05) is 23.8 Å². The molecule has 1 amide bonds. The van der Waals surface area contributed by atoms with Gasteiger partial charge in [-0.3, -0.25) is 4.79 Å². The summed E-state index contributed by atoms with van der Waals surface area (Å²) in [6.07, 6.45) is 0. The van der Waals surface area contributed by atoms with Crippen LogP contribution in [0.25, 0.3) is 0 Å². The molecule has 6 heteroatoms. The van der Waals surface area contributed by atoms with Gasteiger partial charge >= 0.3 is 0 Å². The van der Waals surface area contributed by atoms with Crippen molar-refractivity contribution < 1.29 is 9.53 Å². The molecule has 0 aliphatic carbocycles. The summed E-state index contributed by atoms with van der Waals surface area (Å²) in [5, 5.41) is 6.66. The third kappa shape index (κ3) is 4.29. The first-order chi connectivity index (χ1) is 10.6. The summed E-state index contributed by atoms with van der Waals surface area (Å²) >= 11 is 12.1. The molecule has 0 saturated heterocycles. The fourth-order valence-corrected chi connectivity index (χ4v) is 2.41. The minimum Gasteiger partial charge on any atom is -0.492 e. The summed E-state index contributed by atoms with van der Waals surface area (Å²) in [6, 6.07) is 12.4. The van der Waals surface area contributed by atoms with E-state index in [9.17, 15) is 4.79 Å². The first kappa shape index (κ1) is 16.5. The van der Waals surface area contributed by atoms with E-state index in [1.165, 1.54) is 0 Å². The molecule has 0 radical (unpaired) electrons. The van der Waals surface area contributed by atoms with Crippen molar-refractivity contribution in [1.29, 1.82) is 0 Å². The first-order valence-corrected chi connectivity index (χ1v) is 7.57. The zero-order valence-corrected chi connectivity index (χ0v) is 13.5. The third-order valence-electron chi connectivity index (χ3n) is 2.85. The first-order valence-electron chi connectivity index (χ1n) is 6.81. The zero-order valence-electron chi connectivity index (χ0n) is 12.0. The number of halogens is 2. The predicted octanol–water partition coefficient (Wildman–Crippen LogP) is 4.44. The van der Waals surface area contributed by atoms with Gasteiger partial charge < -0.3 is 15.4 Å². The van der Waals surface area contributed by atoms with Crippen LogP contribution in [0.4, 0.5) is 11.4 Å². The molecule has 0 saturated carbocycles. The highest BCUT2D eigenvalue weighted by Crippen LogP contribution is 2.29. The highest BCUT2D eigenvalue weighted by molar-refractivity contribution is 6.39. The number of carbonyl (C=O) groups excluding carboxylic acids is 1. The number of nitrogens with one attached hydrogen (secondary N) is 2. The summed E-state index contributed by atoms with van der Waals surface area (Å²) in [4.78, 5) is 12.0. The van der Waals surface area contributed by atoms with E-state index < -0.39 is 0 Å². The van der Waals surface area contributed by atoms with E-state index in [2.05, 4.69) is 10.6 Å². The number of para-hydroxylation sites is 3. The average molecular weight is 339 g/mol. The Morgan fingerprint density at radius 2 is 1.77 bits per heavy atom. The van der Waals surface area contributed by atoms with Crippen molar-refractivity contribution in [3.8, 4) is 5.75 Å². The fourth-order valence-electron chi connectivity index (χ4n) is 1.88. The maximum atomic E-state index is 12.0. The van der Waals surface area contributed by atoms with Crippen LogP contribution in [0, 0.1) is 0 Å². The summed E-state index contributed by atoms with van der Waals surface area (Å²) in [5.74, 6) is 0.414. The van der Waals surface area contributed by atoms with E-state index in [4.69, 9.17) is 27.9 Å². The molecule has 2 aromatic carbocycles. The number of rotatable bonds is 6. The molecule has 2 N–H and O–H groups in total. The largest absolute Gasteiger partial charge is 0.492 e. The zero-order chi connectivity index (χ0) is 15.9. The number of hydrogen-bond acceptors (Lipinski definition) is 3. The lowest BCUT2D eigenvalue weighted by Crippen LogP contribution is -2.22. The van der Waals surface area contributed by atoms with Crippen molar-refractivity contribution in [3.63, 3.8) is 0 Å². The van der Waals surface area contributed by atoms with Crippen molar-refractivity contribution >= 4 is 40.5 Å². The van der Waals surface area contributed by atoms with E-state index in [1.54, 1.807) is 30.3 Å². The van der Waals surface area contributed by atoms with Gasteiger partial charge in [-0.2, -0.15) is 0 Å². The maximum absolute atomic E-state index is 12.0. The van der Waals surface area contributed by atoms with Gasteiger partial charge in [-0.1, -0.05) is 41.4 Å². The Morgan fingerprint density at radius 1 is 1.09 bits per heavy atom. The van der Waals surface area contributed by atoms with Crippen molar-refractivity contribution in [2.45, 2.75) is 6.92 Å². The highest BCUT2D eigenvalue weighted by atomic mass is 35.5. The van der Waals surface area contributed by atoms with Crippen LogP contribution in [0.1, 0.15) is 6.92 Å². The molecule has 0 fully saturated rings. The molecular weight excluding hydrogens is 323 g/mol. The van der Waals surface area contributed by atoms with Gasteiger partial charge in [0.1, 0.15) is 5.75 Å². The molecular formula is C16H16Cl2N2O2. The second kappa shape index (κ2) is 7.92. The monoisotopic (exact) mass is 338 g/mol. The third-order valence-corrected chi connectivity index (χ3v) is 3.48. The van der Waals surface area contributed by atoms with Crippen LogP contribution in [0.5, 0.6) is 5.75 Å². The lowest BCUT2D eigenvalue weighted by molar-refractivity contribution is -0.114. The summed E-state index contributed by atoms with van der Waals surface area (Å²) in [6.45, 7) is 2.46. The fraction of sp³-hybridized carbons (Fsp3) is 0.188. The minimum atomic E-state index is -0.219. The molecule has 0 bridgehead atoms. The molecule has 0 spiro atoms. The molecule has 0 atom stereocenters. The van der Waals surface area contributed by atoms with Crippen LogP contribution in [0.3, 0.4) is 0 Å². The summed E-state index contributed by atoms with van der Waals surface area (Å²) in [5.41, 5.74) is 1.17. The lowest BCUT2D eigenvalue weighted by Gasteiger charge is -2.13. The maximum Gasteiger partial charge on any atom is 0.243 e. The Hall–Kier alpha value is -1.91. The van der Waals surface area contributed by atoms with E-state index in [0.717, 1.165) is 0 Å². The van der Waals surface area contributed by atoms with Crippen LogP contribution < -0.4 is 15.4 Å². The molecule has 4 nitrogen and oxygen atoms in total. The molecule has 0 aliphatic rings. The molecule has 0 aliphatic heterocycles. The number of ether oxygens (including phenoxy) is 1. The number of amides is 1. The second-order valence-electron chi connectivity index (χ2n) is 4.43. The van der Waals surface area contributed by atoms with Crippen molar-refractivity contribution in [1.82, 2.24) is 0 Å². The van der Waals surface area contributed by atoms with Crippen LogP contribution >= 0.6 is 23.2 Å². The molecule has 2 aromatic rings. The van der Waals surface area contributed by atoms with Crippen LogP contribution in [-0.2, 0) is 4.79 Å². The van der Waals surface area contributed by atoms with Gasteiger partial charge in [-0.15, -0.1) is 0 Å². The topological polar surface area (TPSA) is 50.4 Å². The Morgan fingerprint density at radius 3 is 2.45 bits per heavy atom. The highest BCUT2D eigenvalue weighted by Gasteiger charge is 2.09. The van der Waals surface area contributed by atoms with Crippen molar-refractivity contribution in [2.24, 2.45) is 0 Å². The van der Waals surface area contributed by atoms with Gasteiger partial charge in [0.25, 0.3) is 0 Å². The Kier molecular flexibility index (Phi) is 5.92. The summed E-state index contributed by atoms with van der Waals surface area (Å²) < 4.78 is 5.46. The van der Waals surface area contributed by atoms with Gasteiger partial charge in [0.05, 0.1) is 34.6 Å². The van der Waals surface area contributed by atoms with Gasteiger partial charge in [0.2, 0.25) is 5.91 Å². The molecule has 0 unspecified atom stereocenters. The van der Waals surface area contributed by atoms with Crippen LogP contribution in [0.2, 0.25) is 10.0 Å². The van der Waals surface area contributed by atoms with E-state index in [1.807, 2.05) is 19.1 Å².